The lowest BCUT2D eigenvalue weighted by Gasteiger charge is -2.10. The summed E-state index contributed by atoms with van der Waals surface area (Å²) in [4.78, 5) is 25.4. The summed E-state index contributed by atoms with van der Waals surface area (Å²) < 4.78 is 1.43. The number of para-hydroxylation sites is 1. The average molecular weight is 394 g/mol. The fraction of sp³-hybridized carbons (Fsp3) is 0.227. The second-order valence-corrected chi connectivity index (χ2v) is 7.35. The Bertz CT molecular complexity index is 1010. The van der Waals surface area contributed by atoms with E-state index in [1.807, 2.05) is 61.7 Å². The monoisotopic (exact) mass is 393 g/mol. The third kappa shape index (κ3) is 5.10. The third-order valence-corrected chi connectivity index (χ3v) is 5.16. The molecule has 144 valence electrons. The number of hydrogen-bond donors (Lipinski definition) is 1. The summed E-state index contributed by atoms with van der Waals surface area (Å²) in [6.45, 7) is 2.43. The Labute approximate surface area is 168 Å². The molecule has 0 atom stereocenters. The van der Waals surface area contributed by atoms with Gasteiger partial charge in [0.1, 0.15) is 0 Å². The number of benzene rings is 2. The average Bonchev–Trinajstić information content (AvgIpc) is 2.70. The first kappa shape index (κ1) is 19.9. The Morgan fingerprint density at radius 2 is 1.82 bits per heavy atom. The summed E-state index contributed by atoms with van der Waals surface area (Å²) in [7, 11) is 0. The molecule has 0 aliphatic rings. The van der Waals surface area contributed by atoms with Gasteiger partial charge in [0.15, 0.2) is 0 Å². The highest BCUT2D eigenvalue weighted by Gasteiger charge is 2.08. The van der Waals surface area contributed by atoms with Crippen molar-refractivity contribution >= 4 is 23.4 Å². The highest BCUT2D eigenvalue weighted by Crippen LogP contribution is 2.24. The van der Waals surface area contributed by atoms with E-state index in [0.717, 1.165) is 21.8 Å². The summed E-state index contributed by atoms with van der Waals surface area (Å²) in [6.07, 6.45) is 2.84. The van der Waals surface area contributed by atoms with Crippen molar-refractivity contribution in [1.29, 1.82) is 0 Å². The quantitative estimate of drug-likeness (QED) is 0.606. The Kier molecular flexibility index (Phi) is 6.66. The van der Waals surface area contributed by atoms with E-state index < -0.39 is 0 Å². The van der Waals surface area contributed by atoms with Gasteiger partial charge in [-0.1, -0.05) is 42.0 Å². The predicted molar refractivity (Wildman–Crippen MR) is 115 cm³/mol. The van der Waals surface area contributed by atoms with Crippen LogP contribution in [0.25, 0.3) is 11.3 Å². The maximum absolute atomic E-state index is 12.2. The van der Waals surface area contributed by atoms with Crippen LogP contribution < -0.4 is 10.9 Å². The van der Waals surface area contributed by atoms with Gasteiger partial charge in [0.05, 0.1) is 11.4 Å². The zero-order valence-electron chi connectivity index (χ0n) is 16.0. The van der Waals surface area contributed by atoms with Crippen molar-refractivity contribution < 1.29 is 4.79 Å². The maximum atomic E-state index is 12.2. The number of nitrogens with zero attached hydrogens (tertiary/aromatic N) is 2. The normalized spacial score (nSPS) is 10.6. The number of amides is 1. The number of carbonyl (C=O) groups excluding carboxylic acids is 1. The van der Waals surface area contributed by atoms with E-state index in [9.17, 15) is 9.59 Å². The minimum atomic E-state index is -0.163. The molecule has 6 heteroatoms. The first-order valence-electron chi connectivity index (χ1n) is 9.15. The van der Waals surface area contributed by atoms with Crippen LogP contribution in [-0.4, -0.2) is 21.9 Å². The second kappa shape index (κ2) is 9.37. The molecule has 0 aliphatic carbocycles. The Morgan fingerprint density at radius 3 is 2.57 bits per heavy atom. The van der Waals surface area contributed by atoms with E-state index in [-0.39, 0.29) is 11.5 Å². The van der Waals surface area contributed by atoms with E-state index in [2.05, 4.69) is 10.4 Å². The largest absolute Gasteiger partial charge is 0.325 e. The predicted octanol–water partition coefficient (Wildman–Crippen LogP) is 4.36. The van der Waals surface area contributed by atoms with Gasteiger partial charge < -0.3 is 5.32 Å². The number of hydrogen-bond acceptors (Lipinski definition) is 4. The van der Waals surface area contributed by atoms with Crippen molar-refractivity contribution in [1.82, 2.24) is 9.78 Å². The van der Waals surface area contributed by atoms with Crippen LogP contribution in [0, 0.1) is 6.92 Å². The molecular formula is C22H23N3O2S. The highest BCUT2D eigenvalue weighted by atomic mass is 32.2. The van der Waals surface area contributed by atoms with Gasteiger partial charge in [-0.25, -0.2) is 4.68 Å². The smallest absolute Gasteiger partial charge is 0.266 e. The molecule has 0 bridgehead atoms. The lowest BCUT2D eigenvalue weighted by molar-refractivity contribution is -0.116. The molecule has 5 nitrogen and oxygen atoms in total. The van der Waals surface area contributed by atoms with Crippen molar-refractivity contribution in [2.24, 2.45) is 0 Å². The van der Waals surface area contributed by atoms with E-state index in [0.29, 0.717) is 19.4 Å². The number of nitrogens with one attached hydrogen (secondary N) is 1. The molecule has 28 heavy (non-hydrogen) atoms. The molecule has 0 spiro atoms. The first-order chi connectivity index (χ1) is 13.6. The summed E-state index contributed by atoms with van der Waals surface area (Å²) in [5.74, 6) is -0.0655. The Balaban J connectivity index is 1.61. The maximum Gasteiger partial charge on any atom is 0.266 e. The summed E-state index contributed by atoms with van der Waals surface area (Å²) >= 11 is 1.59. The summed E-state index contributed by atoms with van der Waals surface area (Å²) in [5, 5.41) is 7.39. The standard InChI is InChI=1S/C22H23N3O2S/c1-16-9-11-17(12-10-16)18-13-14-22(27)25(24-18)15-5-8-21(26)23-19-6-3-4-7-20(19)28-2/h3-4,6-7,9-14H,5,8,15H2,1-2H3,(H,23,26). The van der Waals surface area contributed by atoms with Crippen LogP contribution in [0.1, 0.15) is 18.4 Å². The highest BCUT2D eigenvalue weighted by molar-refractivity contribution is 7.98. The van der Waals surface area contributed by atoms with Crippen molar-refractivity contribution in [3.8, 4) is 11.3 Å². The van der Waals surface area contributed by atoms with E-state index in [1.165, 1.54) is 16.3 Å². The molecule has 0 unspecified atom stereocenters. The Hall–Kier alpha value is -2.86. The zero-order valence-corrected chi connectivity index (χ0v) is 16.8. The number of aromatic nitrogens is 2. The van der Waals surface area contributed by atoms with Crippen LogP contribution in [0.15, 0.2) is 70.4 Å². The molecule has 1 heterocycles. The van der Waals surface area contributed by atoms with Crippen molar-refractivity contribution in [3.63, 3.8) is 0 Å². The van der Waals surface area contributed by atoms with Crippen LogP contribution in [0.3, 0.4) is 0 Å². The first-order valence-corrected chi connectivity index (χ1v) is 10.4. The van der Waals surface area contributed by atoms with Crippen LogP contribution in [-0.2, 0) is 11.3 Å². The van der Waals surface area contributed by atoms with E-state index >= 15 is 0 Å². The summed E-state index contributed by atoms with van der Waals surface area (Å²) in [6, 6.07) is 19.0. The molecule has 1 N–H and O–H groups in total. The van der Waals surface area contributed by atoms with Gasteiger partial charge in [0.2, 0.25) is 5.91 Å². The topological polar surface area (TPSA) is 64.0 Å². The molecule has 0 saturated heterocycles. The minimum absolute atomic E-state index is 0.0655. The number of thioether (sulfide) groups is 1. The molecule has 2 aromatic carbocycles. The SMILES string of the molecule is CSc1ccccc1NC(=O)CCCn1nc(-c2ccc(C)cc2)ccc1=O. The second-order valence-electron chi connectivity index (χ2n) is 6.50. The van der Waals surface area contributed by atoms with Crippen molar-refractivity contribution in [2.75, 3.05) is 11.6 Å². The fourth-order valence-corrected chi connectivity index (χ4v) is 3.39. The third-order valence-electron chi connectivity index (χ3n) is 4.37. The Morgan fingerprint density at radius 1 is 1.07 bits per heavy atom. The molecule has 3 aromatic rings. The van der Waals surface area contributed by atoms with Gasteiger partial charge in [-0.15, -0.1) is 11.8 Å². The van der Waals surface area contributed by atoms with Gasteiger partial charge >= 0.3 is 0 Å². The van der Waals surface area contributed by atoms with Crippen LogP contribution in [0.2, 0.25) is 0 Å². The molecule has 0 saturated carbocycles. The van der Waals surface area contributed by atoms with E-state index in [1.54, 1.807) is 17.8 Å². The number of rotatable bonds is 7. The summed E-state index contributed by atoms with van der Waals surface area (Å²) in [5.41, 5.74) is 3.54. The van der Waals surface area contributed by atoms with Gasteiger partial charge in [-0.2, -0.15) is 5.10 Å². The van der Waals surface area contributed by atoms with Gasteiger partial charge in [0, 0.05) is 29.5 Å². The van der Waals surface area contributed by atoms with Crippen LogP contribution in [0.5, 0.6) is 0 Å². The zero-order chi connectivity index (χ0) is 19.9. The fourth-order valence-electron chi connectivity index (χ4n) is 2.84. The lowest BCUT2D eigenvalue weighted by atomic mass is 10.1. The molecule has 3 rings (SSSR count). The van der Waals surface area contributed by atoms with Gasteiger partial charge in [-0.3, -0.25) is 9.59 Å². The van der Waals surface area contributed by atoms with Gasteiger partial charge in [0.25, 0.3) is 5.56 Å². The van der Waals surface area contributed by atoms with Crippen molar-refractivity contribution in [2.45, 2.75) is 31.2 Å². The lowest BCUT2D eigenvalue weighted by Crippen LogP contribution is -2.23. The molecule has 1 aromatic heterocycles. The van der Waals surface area contributed by atoms with Crippen LogP contribution >= 0.6 is 11.8 Å². The molecule has 1 amide bonds. The number of carbonyl (C=O) groups is 1. The van der Waals surface area contributed by atoms with E-state index in [4.69, 9.17) is 0 Å². The minimum Gasteiger partial charge on any atom is -0.325 e. The van der Waals surface area contributed by atoms with Crippen molar-refractivity contribution in [3.05, 3.63) is 76.6 Å². The van der Waals surface area contributed by atoms with Crippen LogP contribution in [0.4, 0.5) is 5.69 Å². The molecule has 0 fully saturated rings. The number of aryl methyl sites for hydroxylation is 2. The molecule has 0 aliphatic heterocycles. The molecule has 0 radical (unpaired) electrons. The number of anilines is 1. The molecular weight excluding hydrogens is 370 g/mol. The van der Waals surface area contributed by atoms with Gasteiger partial charge in [-0.05, 0) is 37.8 Å².